The smallest absolute Gasteiger partial charge is 0.345 e. The molecule has 3 rings (SSSR count). The van der Waals surface area contributed by atoms with E-state index in [0.717, 1.165) is 5.56 Å². The number of ketones is 1. The van der Waals surface area contributed by atoms with Crippen LogP contribution in [0.5, 0.6) is 17.2 Å². The zero-order chi connectivity index (χ0) is 20.6. The molecule has 1 heterocycles. The third kappa shape index (κ3) is 4.87. The normalized spacial score (nSPS) is 10.6. The lowest BCUT2D eigenvalue weighted by molar-refractivity contribution is 0.0732. The Labute approximate surface area is 168 Å². The van der Waals surface area contributed by atoms with Gasteiger partial charge in [0.1, 0.15) is 5.75 Å². The first-order chi connectivity index (χ1) is 14.1. The van der Waals surface area contributed by atoms with E-state index in [0.29, 0.717) is 17.1 Å². The lowest BCUT2D eigenvalue weighted by atomic mass is 10.1. The van der Waals surface area contributed by atoms with Gasteiger partial charge in [-0.15, -0.1) is 0 Å². The molecule has 0 saturated carbocycles. The highest BCUT2D eigenvalue weighted by atomic mass is 16.5. The first kappa shape index (κ1) is 19.8. The van der Waals surface area contributed by atoms with Crippen molar-refractivity contribution >= 4 is 17.8 Å². The van der Waals surface area contributed by atoms with Crippen LogP contribution in [-0.2, 0) is 0 Å². The van der Waals surface area contributed by atoms with Crippen molar-refractivity contribution < 1.29 is 23.8 Å². The highest BCUT2D eigenvalue weighted by Crippen LogP contribution is 2.28. The number of pyridine rings is 1. The number of hydrogen-bond acceptors (Lipinski definition) is 6. The SMILES string of the molecule is COc1ccc(/C=C/C(=O)c2ccccc2OC(=O)c2cccnc2)cc1OC. The van der Waals surface area contributed by atoms with E-state index in [1.807, 2.05) is 0 Å². The van der Waals surface area contributed by atoms with Gasteiger partial charge in [-0.1, -0.05) is 24.3 Å². The first-order valence-corrected chi connectivity index (χ1v) is 8.78. The maximum absolute atomic E-state index is 12.7. The molecule has 0 spiro atoms. The Morgan fingerprint density at radius 3 is 2.41 bits per heavy atom. The van der Waals surface area contributed by atoms with Crippen LogP contribution in [0.4, 0.5) is 0 Å². The number of carbonyl (C=O) groups excluding carboxylic acids is 2. The molecule has 0 aliphatic heterocycles. The van der Waals surface area contributed by atoms with E-state index in [-0.39, 0.29) is 17.1 Å². The summed E-state index contributed by atoms with van der Waals surface area (Å²) >= 11 is 0. The Hall–Kier alpha value is -3.93. The minimum atomic E-state index is -0.581. The van der Waals surface area contributed by atoms with Gasteiger partial charge in [0, 0.05) is 12.4 Å². The van der Waals surface area contributed by atoms with Crippen molar-refractivity contribution in [3.05, 3.63) is 89.8 Å². The van der Waals surface area contributed by atoms with E-state index in [1.54, 1.807) is 81.1 Å². The molecule has 0 amide bonds. The Morgan fingerprint density at radius 2 is 1.69 bits per heavy atom. The number of allylic oxidation sites excluding steroid dienone is 1. The van der Waals surface area contributed by atoms with Crippen LogP contribution in [0.25, 0.3) is 6.08 Å². The number of aromatic nitrogens is 1. The van der Waals surface area contributed by atoms with Crippen LogP contribution in [0.3, 0.4) is 0 Å². The molecular weight excluding hydrogens is 370 g/mol. The molecule has 0 unspecified atom stereocenters. The van der Waals surface area contributed by atoms with E-state index in [1.165, 1.54) is 12.3 Å². The quantitative estimate of drug-likeness (QED) is 0.261. The summed E-state index contributed by atoms with van der Waals surface area (Å²) < 4.78 is 15.9. The molecule has 0 N–H and O–H groups in total. The summed E-state index contributed by atoms with van der Waals surface area (Å²) in [6.07, 6.45) is 6.04. The number of ether oxygens (including phenoxy) is 3. The number of para-hydroxylation sites is 1. The summed E-state index contributed by atoms with van der Waals surface area (Å²) in [5.41, 5.74) is 1.35. The van der Waals surface area contributed by atoms with E-state index in [9.17, 15) is 9.59 Å². The summed E-state index contributed by atoms with van der Waals surface area (Å²) in [5.74, 6) is 0.469. The van der Waals surface area contributed by atoms with Crippen LogP contribution in [0, 0.1) is 0 Å². The van der Waals surface area contributed by atoms with Crippen LogP contribution in [-0.4, -0.2) is 31.0 Å². The van der Waals surface area contributed by atoms with Crippen molar-refractivity contribution in [3.63, 3.8) is 0 Å². The molecule has 146 valence electrons. The molecule has 0 bridgehead atoms. The van der Waals surface area contributed by atoms with Gasteiger partial charge in [-0.3, -0.25) is 9.78 Å². The number of hydrogen-bond donors (Lipinski definition) is 0. The minimum absolute atomic E-state index is 0.184. The van der Waals surface area contributed by atoms with Crippen molar-refractivity contribution in [3.8, 4) is 17.2 Å². The Balaban J connectivity index is 1.80. The molecular formula is C23H19NO5. The number of methoxy groups -OCH3 is 2. The highest BCUT2D eigenvalue weighted by Gasteiger charge is 2.15. The zero-order valence-corrected chi connectivity index (χ0v) is 16.0. The predicted molar refractivity (Wildman–Crippen MR) is 109 cm³/mol. The second kappa shape index (κ2) is 9.32. The summed E-state index contributed by atoms with van der Waals surface area (Å²) in [7, 11) is 3.10. The molecule has 6 heteroatoms. The highest BCUT2D eigenvalue weighted by molar-refractivity contribution is 6.09. The molecule has 0 aliphatic rings. The number of esters is 1. The maximum atomic E-state index is 12.7. The van der Waals surface area contributed by atoms with Crippen LogP contribution in [0.2, 0.25) is 0 Å². The molecule has 2 aromatic carbocycles. The fraction of sp³-hybridized carbons (Fsp3) is 0.0870. The third-order valence-electron chi connectivity index (χ3n) is 4.09. The molecule has 0 atom stereocenters. The monoisotopic (exact) mass is 389 g/mol. The van der Waals surface area contributed by atoms with Gasteiger partial charge >= 0.3 is 5.97 Å². The average Bonchev–Trinajstić information content (AvgIpc) is 2.78. The van der Waals surface area contributed by atoms with Gasteiger partial charge in [0.05, 0.1) is 25.3 Å². The molecule has 0 radical (unpaired) electrons. The summed E-state index contributed by atoms with van der Waals surface area (Å²) in [5, 5.41) is 0. The Bertz CT molecular complexity index is 1040. The summed E-state index contributed by atoms with van der Waals surface area (Å²) in [6, 6.07) is 15.1. The van der Waals surface area contributed by atoms with Gasteiger partial charge in [0.15, 0.2) is 17.3 Å². The van der Waals surface area contributed by atoms with E-state index >= 15 is 0 Å². The van der Waals surface area contributed by atoms with E-state index < -0.39 is 5.97 Å². The molecule has 3 aromatic rings. The topological polar surface area (TPSA) is 74.7 Å². The van der Waals surface area contributed by atoms with Gasteiger partial charge in [-0.2, -0.15) is 0 Å². The first-order valence-electron chi connectivity index (χ1n) is 8.78. The van der Waals surface area contributed by atoms with Crippen LogP contribution in [0.15, 0.2) is 73.1 Å². The number of benzene rings is 2. The van der Waals surface area contributed by atoms with Crippen molar-refractivity contribution in [2.24, 2.45) is 0 Å². The fourth-order valence-electron chi connectivity index (χ4n) is 2.62. The Kier molecular flexibility index (Phi) is 6.37. The van der Waals surface area contributed by atoms with Gasteiger partial charge in [-0.05, 0) is 48.0 Å². The van der Waals surface area contributed by atoms with Gasteiger partial charge in [0.2, 0.25) is 0 Å². The third-order valence-corrected chi connectivity index (χ3v) is 4.09. The largest absolute Gasteiger partial charge is 0.493 e. The molecule has 1 aromatic heterocycles. The van der Waals surface area contributed by atoms with Gasteiger partial charge in [0.25, 0.3) is 0 Å². The van der Waals surface area contributed by atoms with Crippen molar-refractivity contribution in [2.75, 3.05) is 14.2 Å². The fourth-order valence-corrected chi connectivity index (χ4v) is 2.62. The van der Waals surface area contributed by atoms with Crippen molar-refractivity contribution in [2.45, 2.75) is 0 Å². The van der Waals surface area contributed by atoms with Crippen molar-refractivity contribution in [1.82, 2.24) is 4.98 Å². The number of carbonyl (C=O) groups is 2. The van der Waals surface area contributed by atoms with Gasteiger partial charge < -0.3 is 14.2 Å². The standard InChI is InChI=1S/C23H19NO5/c1-27-21-12-10-16(14-22(21)28-2)9-11-19(25)18-7-3-4-8-20(18)29-23(26)17-6-5-13-24-15-17/h3-15H,1-2H3/b11-9+. The second-order valence-corrected chi connectivity index (χ2v) is 5.94. The average molecular weight is 389 g/mol. The summed E-state index contributed by atoms with van der Waals surface area (Å²) in [4.78, 5) is 28.9. The van der Waals surface area contributed by atoms with Crippen LogP contribution < -0.4 is 14.2 Å². The molecule has 0 fully saturated rings. The minimum Gasteiger partial charge on any atom is -0.493 e. The number of rotatable bonds is 7. The number of nitrogens with zero attached hydrogens (tertiary/aromatic N) is 1. The second-order valence-electron chi connectivity index (χ2n) is 5.94. The molecule has 29 heavy (non-hydrogen) atoms. The summed E-state index contributed by atoms with van der Waals surface area (Å²) in [6.45, 7) is 0. The Morgan fingerprint density at radius 1 is 0.897 bits per heavy atom. The van der Waals surface area contributed by atoms with Crippen LogP contribution in [0.1, 0.15) is 26.3 Å². The lowest BCUT2D eigenvalue weighted by Crippen LogP contribution is -2.11. The maximum Gasteiger partial charge on any atom is 0.345 e. The predicted octanol–water partition coefficient (Wildman–Crippen LogP) is 4.21. The lowest BCUT2D eigenvalue weighted by Gasteiger charge is -2.08. The molecule has 0 saturated heterocycles. The van der Waals surface area contributed by atoms with Crippen molar-refractivity contribution in [1.29, 1.82) is 0 Å². The molecule has 0 aliphatic carbocycles. The molecule has 6 nitrogen and oxygen atoms in total. The van der Waals surface area contributed by atoms with E-state index in [2.05, 4.69) is 4.98 Å². The van der Waals surface area contributed by atoms with Gasteiger partial charge in [-0.25, -0.2) is 4.79 Å². The zero-order valence-electron chi connectivity index (χ0n) is 16.0. The van der Waals surface area contributed by atoms with Crippen LogP contribution >= 0.6 is 0 Å². The van der Waals surface area contributed by atoms with E-state index in [4.69, 9.17) is 14.2 Å².